The van der Waals surface area contributed by atoms with Gasteiger partial charge in [0.25, 0.3) is 0 Å². The first kappa shape index (κ1) is 5.97. The molecule has 0 aromatic carbocycles. The zero-order chi connectivity index (χ0) is 6.53. The van der Waals surface area contributed by atoms with Crippen molar-refractivity contribution in [3.05, 3.63) is 35.4 Å². The first-order chi connectivity index (χ1) is 4.43. The number of allylic oxidation sites excluding steroid dienone is 3. The molecule has 1 aliphatic rings. The van der Waals surface area contributed by atoms with Gasteiger partial charge in [0.15, 0.2) is 5.76 Å². The lowest BCUT2D eigenvalue weighted by Crippen LogP contribution is -1.76. The van der Waals surface area contributed by atoms with Crippen LogP contribution in [0.25, 0.3) is 0 Å². The highest BCUT2D eigenvalue weighted by Crippen LogP contribution is 1.98. The van der Waals surface area contributed by atoms with Crippen molar-refractivity contribution in [1.82, 2.24) is 0 Å². The Morgan fingerprint density at radius 2 is 2.56 bits per heavy atom. The molecule has 0 bridgehead atoms. The first-order valence-corrected chi connectivity index (χ1v) is 2.84. The second-order valence-electron chi connectivity index (χ2n) is 1.68. The lowest BCUT2D eigenvalue weighted by Gasteiger charge is -1.91. The highest BCUT2D eigenvalue weighted by Gasteiger charge is 1.84. The van der Waals surface area contributed by atoms with Crippen LogP contribution in [0.2, 0.25) is 0 Å². The third-order valence-electron chi connectivity index (χ3n) is 1.04. The summed E-state index contributed by atoms with van der Waals surface area (Å²) in [7, 11) is 1.62. The van der Waals surface area contributed by atoms with Crippen LogP contribution in [0.15, 0.2) is 35.4 Å². The van der Waals surface area contributed by atoms with Crippen molar-refractivity contribution in [2.45, 2.75) is 6.42 Å². The second kappa shape index (κ2) is 2.99. The number of ether oxygens (including phenoxy) is 1. The SMILES string of the molecule is COC1=C=C=CCC=C1. The molecule has 9 heavy (non-hydrogen) atoms. The Kier molecular flexibility index (Phi) is 1.98. The molecule has 1 rings (SSSR count). The van der Waals surface area contributed by atoms with Crippen molar-refractivity contribution in [1.29, 1.82) is 0 Å². The Morgan fingerprint density at radius 1 is 1.67 bits per heavy atom. The van der Waals surface area contributed by atoms with Crippen molar-refractivity contribution >= 4 is 0 Å². The Balaban J connectivity index is 2.89. The van der Waals surface area contributed by atoms with Crippen molar-refractivity contribution in [2.75, 3.05) is 7.11 Å². The van der Waals surface area contributed by atoms with Crippen LogP contribution in [-0.2, 0) is 4.74 Å². The van der Waals surface area contributed by atoms with Crippen LogP contribution in [0.1, 0.15) is 6.42 Å². The van der Waals surface area contributed by atoms with Gasteiger partial charge in [-0.1, -0.05) is 11.8 Å². The Labute approximate surface area is 54.6 Å². The van der Waals surface area contributed by atoms with Gasteiger partial charge in [-0.15, -0.1) is 0 Å². The first-order valence-electron chi connectivity index (χ1n) is 2.84. The third kappa shape index (κ3) is 1.65. The van der Waals surface area contributed by atoms with Crippen molar-refractivity contribution < 1.29 is 4.74 Å². The number of methoxy groups -OCH3 is 1. The monoisotopic (exact) mass is 120 g/mol. The molecule has 0 aromatic rings. The lowest BCUT2D eigenvalue weighted by atomic mass is 10.4. The molecule has 0 radical (unpaired) electrons. The molecule has 1 nitrogen and oxygen atoms in total. The van der Waals surface area contributed by atoms with E-state index in [1.165, 1.54) is 0 Å². The third-order valence-corrected chi connectivity index (χ3v) is 1.04. The van der Waals surface area contributed by atoms with E-state index in [-0.39, 0.29) is 0 Å². The second-order valence-corrected chi connectivity index (χ2v) is 1.68. The van der Waals surface area contributed by atoms with E-state index in [1.807, 2.05) is 18.2 Å². The van der Waals surface area contributed by atoms with Crippen LogP contribution in [0.4, 0.5) is 0 Å². The standard InChI is InChI=1S/C8H8O/c1-9-8-6-4-2-3-5-7-8/h2,5,7H,3H2,1H3. The zero-order valence-electron chi connectivity index (χ0n) is 5.35. The summed E-state index contributed by atoms with van der Waals surface area (Å²) in [6, 6.07) is 0. The van der Waals surface area contributed by atoms with Gasteiger partial charge in [0, 0.05) is 0 Å². The molecule has 0 unspecified atom stereocenters. The van der Waals surface area contributed by atoms with E-state index in [9.17, 15) is 0 Å². The molecule has 0 N–H and O–H groups in total. The number of hydrogen-bond donors (Lipinski definition) is 0. The minimum atomic E-state index is 0.740. The molecular formula is C8H8O. The van der Waals surface area contributed by atoms with E-state index >= 15 is 0 Å². The fourth-order valence-electron chi connectivity index (χ4n) is 0.585. The molecule has 0 saturated carbocycles. The average Bonchev–Trinajstić information content (AvgIpc) is 2.13. The maximum atomic E-state index is 4.91. The fourth-order valence-corrected chi connectivity index (χ4v) is 0.585. The lowest BCUT2D eigenvalue weighted by molar-refractivity contribution is 0.308. The highest BCUT2D eigenvalue weighted by atomic mass is 16.5. The molecule has 46 valence electrons. The smallest absolute Gasteiger partial charge is 0.169 e. The van der Waals surface area contributed by atoms with Gasteiger partial charge < -0.3 is 4.74 Å². The summed E-state index contributed by atoms with van der Waals surface area (Å²) in [5.74, 6) is 0.740. The van der Waals surface area contributed by atoms with E-state index in [4.69, 9.17) is 4.74 Å². The van der Waals surface area contributed by atoms with Crippen LogP contribution in [0.3, 0.4) is 0 Å². The summed E-state index contributed by atoms with van der Waals surface area (Å²) < 4.78 is 4.91. The van der Waals surface area contributed by atoms with E-state index in [0.29, 0.717) is 0 Å². The van der Waals surface area contributed by atoms with Gasteiger partial charge in [-0.3, -0.25) is 0 Å². The molecule has 0 aliphatic heterocycles. The van der Waals surface area contributed by atoms with Gasteiger partial charge in [-0.25, -0.2) is 0 Å². The maximum absolute atomic E-state index is 4.91. The van der Waals surface area contributed by atoms with E-state index < -0.39 is 0 Å². The molecule has 0 heterocycles. The molecule has 0 spiro atoms. The topological polar surface area (TPSA) is 9.23 Å². The van der Waals surface area contributed by atoms with Gasteiger partial charge in [0.2, 0.25) is 0 Å². The van der Waals surface area contributed by atoms with Gasteiger partial charge in [0.1, 0.15) is 0 Å². The molecule has 1 aliphatic carbocycles. The van der Waals surface area contributed by atoms with Crippen molar-refractivity contribution in [2.24, 2.45) is 0 Å². The van der Waals surface area contributed by atoms with Gasteiger partial charge in [-0.05, 0) is 24.3 Å². The highest BCUT2D eigenvalue weighted by molar-refractivity contribution is 5.15. The number of hydrogen-bond acceptors (Lipinski definition) is 1. The summed E-state index contributed by atoms with van der Waals surface area (Å²) in [4.78, 5) is 0. The minimum absolute atomic E-state index is 0.740. The Morgan fingerprint density at radius 3 is 3.33 bits per heavy atom. The summed E-state index contributed by atoms with van der Waals surface area (Å²) in [5.41, 5.74) is 5.68. The van der Waals surface area contributed by atoms with Gasteiger partial charge in [-0.2, -0.15) is 0 Å². The fraction of sp³-hybridized carbons (Fsp3) is 0.250. The maximum Gasteiger partial charge on any atom is 0.169 e. The molecule has 0 amide bonds. The van der Waals surface area contributed by atoms with Gasteiger partial charge >= 0.3 is 0 Å². The summed E-state index contributed by atoms with van der Waals surface area (Å²) in [6.07, 6.45) is 6.71. The largest absolute Gasteiger partial charge is 0.489 e. The van der Waals surface area contributed by atoms with Crippen LogP contribution >= 0.6 is 0 Å². The van der Waals surface area contributed by atoms with E-state index in [0.717, 1.165) is 12.2 Å². The van der Waals surface area contributed by atoms with E-state index in [2.05, 4.69) is 11.5 Å². The molecular weight excluding hydrogens is 112 g/mol. The summed E-state index contributed by atoms with van der Waals surface area (Å²) in [5, 5.41) is 0. The zero-order valence-corrected chi connectivity index (χ0v) is 5.35. The van der Waals surface area contributed by atoms with Crippen LogP contribution in [0.5, 0.6) is 0 Å². The van der Waals surface area contributed by atoms with Crippen LogP contribution in [-0.4, -0.2) is 7.11 Å². The Hall–Kier alpha value is -1.16. The molecule has 0 fully saturated rings. The number of rotatable bonds is 1. The predicted octanol–water partition coefficient (Wildman–Crippen LogP) is 1.79. The normalized spacial score (nSPS) is 15.0. The van der Waals surface area contributed by atoms with E-state index in [1.54, 1.807) is 7.11 Å². The van der Waals surface area contributed by atoms with Crippen molar-refractivity contribution in [3.63, 3.8) is 0 Å². The summed E-state index contributed by atoms with van der Waals surface area (Å²) in [6.45, 7) is 0. The average molecular weight is 120 g/mol. The van der Waals surface area contributed by atoms with Crippen molar-refractivity contribution in [3.8, 4) is 0 Å². The van der Waals surface area contributed by atoms with Crippen LogP contribution in [0, 0.1) is 0 Å². The molecule has 0 saturated heterocycles. The van der Waals surface area contributed by atoms with Crippen LogP contribution < -0.4 is 0 Å². The molecule has 0 atom stereocenters. The predicted molar refractivity (Wildman–Crippen MR) is 35.9 cm³/mol. The van der Waals surface area contributed by atoms with Gasteiger partial charge in [0.05, 0.1) is 7.11 Å². The molecule has 0 aromatic heterocycles. The Bertz CT molecular complexity index is 211. The quantitative estimate of drug-likeness (QED) is 0.479. The minimum Gasteiger partial charge on any atom is -0.489 e. The molecule has 1 heteroatoms. The summed E-state index contributed by atoms with van der Waals surface area (Å²) >= 11 is 0.